The van der Waals surface area contributed by atoms with Crippen LogP contribution in [0.5, 0.6) is 5.75 Å². The SMILES string of the molecule is CN(C)c1ccc(-c2nnc(NC(=O)C3CCCN3C(=O)COc3ccc(Cl)cc3)s2)cc1. The molecule has 2 amide bonds. The molecular formula is C23H24ClN5O3S. The molecule has 1 atom stereocenters. The maximum absolute atomic E-state index is 12.9. The van der Waals surface area contributed by atoms with Gasteiger partial charge in [0.2, 0.25) is 11.0 Å². The Kier molecular flexibility index (Phi) is 7.10. The van der Waals surface area contributed by atoms with E-state index in [1.165, 1.54) is 11.3 Å². The first-order valence-electron chi connectivity index (χ1n) is 10.5. The predicted molar refractivity (Wildman–Crippen MR) is 130 cm³/mol. The number of rotatable bonds is 7. The number of nitrogens with one attached hydrogen (secondary N) is 1. The molecule has 0 bridgehead atoms. The van der Waals surface area contributed by atoms with E-state index in [1.54, 1.807) is 29.2 Å². The second-order valence-electron chi connectivity index (χ2n) is 7.83. The third-order valence-corrected chi connectivity index (χ3v) is 6.48. The predicted octanol–water partition coefficient (Wildman–Crippen LogP) is 3.93. The zero-order valence-corrected chi connectivity index (χ0v) is 19.9. The van der Waals surface area contributed by atoms with E-state index < -0.39 is 6.04 Å². The number of nitrogens with zero attached hydrogens (tertiary/aromatic N) is 4. The average molecular weight is 486 g/mol. The molecule has 2 heterocycles. The van der Waals surface area contributed by atoms with Crippen LogP contribution in [0.1, 0.15) is 12.8 Å². The molecule has 0 aliphatic carbocycles. The highest BCUT2D eigenvalue weighted by Crippen LogP contribution is 2.28. The van der Waals surface area contributed by atoms with Crippen LogP contribution in [0.2, 0.25) is 5.02 Å². The number of benzene rings is 2. The molecule has 0 saturated carbocycles. The Bertz CT molecular complexity index is 1120. The summed E-state index contributed by atoms with van der Waals surface area (Å²) in [7, 11) is 3.96. The molecule has 0 radical (unpaired) electrons. The highest BCUT2D eigenvalue weighted by atomic mass is 35.5. The average Bonchev–Trinajstić information content (AvgIpc) is 3.48. The molecule has 0 spiro atoms. The number of halogens is 1. The Labute approximate surface area is 201 Å². The minimum Gasteiger partial charge on any atom is -0.484 e. The fourth-order valence-corrected chi connectivity index (χ4v) is 4.46. The summed E-state index contributed by atoms with van der Waals surface area (Å²) >= 11 is 7.17. The number of anilines is 2. The third-order valence-electron chi connectivity index (χ3n) is 5.34. The van der Waals surface area contributed by atoms with Crippen LogP contribution >= 0.6 is 22.9 Å². The molecule has 1 aromatic heterocycles. The molecule has 1 N–H and O–H groups in total. The van der Waals surface area contributed by atoms with E-state index in [-0.39, 0.29) is 18.4 Å². The van der Waals surface area contributed by atoms with Gasteiger partial charge in [-0.2, -0.15) is 0 Å². The summed E-state index contributed by atoms with van der Waals surface area (Å²) < 4.78 is 5.55. The maximum atomic E-state index is 12.9. The molecule has 172 valence electrons. The molecule has 1 saturated heterocycles. The smallest absolute Gasteiger partial charge is 0.261 e. The summed E-state index contributed by atoms with van der Waals surface area (Å²) in [6, 6.07) is 14.2. The highest BCUT2D eigenvalue weighted by molar-refractivity contribution is 7.18. The number of hydrogen-bond donors (Lipinski definition) is 1. The highest BCUT2D eigenvalue weighted by Gasteiger charge is 2.34. The van der Waals surface area contributed by atoms with Gasteiger partial charge in [0.1, 0.15) is 16.8 Å². The largest absolute Gasteiger partial charge is 0.484 e. The number of carbonyl (C=O) groups is 2. The second kappa shape index (κ2) is 10.2. The Morgan fingerprint density at radius 2 is 1.88 bits per heavy atom. The van der Waals surface area contributed by atoms with Gasteiger partial charge in [0.25, 0.3) is 5.91 Å². The van der Waals surface area contributed by atoms with Gasteiger partial charge in [-0.1, -0.05) is 22.9 Å². The first kappa shape index (κ1) is 23.0. The number of amides is 2. The van der Waals surface area contributed by atoms with Crippen LogP contribution in [-0.4, -0.2) is 60.2 Å². The minimum atomic E-state index is -0.557. The van der Waals surface area contributed by atoms with Crippen molar-refractivity contribution in [3.8, 4) is 16.3 Å². The van der Waals surface area contributed by atoms with E-state index >= 15 is 0 Å². The Hall–Kier alpha value is -3.17. The van der Waals surface area contributed by atoms with Crippen LogP contribution in [0.3, 0.4) is 0 Å². The number of hydrogen-bond acceptors (Lipinski definition) is 7. The quantitative estimate of drug-likeness (QED) is 0.545. The third kappa shape index (κ3) is 5.61. The van der Waals surface area contributed by atoms with Crippen molar-refractivity contribution < 1.29 is 14.3 Å². The van der Waals surface area contributed by atoms with Gasteiger partial charge < -0.3 is 14.5 Å². The van der Waals surface area contributed by atoms with Crippen LogP contribution in [0.15, 0.2) is 48.5 Å². The van der Waals surface area contributed by atoms with Crippen LogP contribution in [-0.2, 0) is 9.59 Å². The molecule has 33 heavy (non-hydrogen) atoms. The van der Waals surface area contributed by atoms with Gasteiger partial charge in [0.15, 0.2) is 6.61 Å². The molecule has 1 aliphatic heterocycles. The lowest BCUT2D eigenvalue weighted by Gasteiger charge is -2.23. The minimum absolute atomic E-state index is 0.142. The lowest BCUT2D eigenvalue weighted by Crippen LogP contribution is -2.45. The van der Waals surface area contributed by atoms with Crippen molar-refractivity contribution in [1.29, 1.82) is 0 Å². The first-order valence-corrected chi connectivity index (χ1v) is 11.7. The van der Waals surface area contributed by atoms with Crippen molar-refractivity contribution in [2.45, 2.75) is 18.9 Å². The molecule has 1 aliphatic rings. The van der Waals surface area contributed by atoms with Crippen molar-refractivity contribution in [3.05, 3.63) is 53.6 Å². The Morgan fingerprint density at radius 3 is 2.58 bits per heavy atom. The van der Waals surface area contributed by atoms with Crippen molar-refractivity contribution in [1.82, 2.24) is 15.1 Å². The summed E-state index contributed by atoms with van der Waals surface area (Å²) in [4.78, 5) is 29.1. The zero-order chi connectivity index (χ0) is 23.4. The van der Waals surface area contributed by atoms with Gasteiger partial charge in [0, 0.05) is 36.9 Å². The van der Waals surface area contributed by atoms with Gasteiger partial charge in [-0.15, -0.1) is 10.2 Å². The van der Waals surface area contributed by atoms with Crippen molar-refractivity contribution in [2.24, 2.45) is 0 Å². The molecule has 3 aromatic rings. The lowest BCUT2D eigenvalue weighted by molar-refractivity contribution is -0.138. The van der Waals surface area contributed by atoms with Crippen molar-refractivity contribution in [2.75, 3.05) is 37.5 Å². The maximum Gasteiger partial charge on any atom is 0.261 e. The van der Waals surface area contributed by atoms with Gasteiger partial charge in [-0.05, 0) is 61.4 Å². The van der Waals surface area contributed by atoms with Gasteiger partial charge in [-0.3, -0.25) is 14.9 Å². The number of carbonyl (C=O) groups excluding carboxylic acids is 2. The summed E-state index contributed by atoms with van der Waals surface area (Å²) in [5, 5.41) is 12.8. The molecule has 1 fully saturated rings. The van der Waals surface area contributed by atoms with E-state index in [0.29, 0.717) is 33.9 Å². The number of ether oxygens (including phenoxy) is 1. The van der Waals surface area contributed by atoms with Gasteiger partial charge in [0.05, 0.1) is 0 Å². The van der Waals surface area contributed by atoms with E-state index in [9.17, 15) is 9.59 Å². The zero-order valence-electron chi connectivity index (χ0n) is 18.3. The normalized spacial score (nSPS) is 15.4. The molecule has 2 aromatic carbocycles. The van der Waals surface area contributed by atoms with E-state index in [0.717, 1.165) is 17.7 Å². The molecule has 1 unspecified atom stereocenters. The first-order chi connectivity index (χ1) is 15.9. The lowest BCUT2D eigenvalue weighted by atomic mass is 10.2. The van der Waals surface area contributed by atoms with Crippen LogP contribution in [0, 0.1) is 0 Å². The standard InChI is InChI=1S/C23H24ClN5O3S/c1-28(2)17-9-5-15(6-10-17)22-26-27-23(33-22)25-21(31)19-4-3-13-29(19)20(30)14-32-18-11-7-16(24)8-12-18/h5-12,19H,3-4,13-14H2,1-2H3,(H,25,27,31). The van der Waals surface area contributed by atoms with E-state index in [2.05, 4.69) is 15.5 Å². The molecule has 10 heteroatoms. The summed E-state index contributed by atoms with van der Waals surface area (Å²) in [5.41, 5.74) is 2.01. The second-order valence-corrected chi connectivity index (χ2v) is 9.24. The number of likely N-dealkylation sites (tertiary alicyclic amines) is 1. The molecule has 4 rings (SSSR count). The van der Waals surface area contributed by atoms with Crippen molar-refractivity contribution in [3.63, 3.8) is 0 Å². The topological polar surface area (TPSA) is 87.7 Å². The monoisotopic (exact) mass is 485 g/mol. The molecular weight excluding hydrogens is 462 g/mol. The summed E-state index contributed by atoms with van der Waals surface area (Å²) in [5.74, 6) is 0.0486. The van der Waals surface area contributed by atoms with Crippen LogP contribution < -0.4 is 15.0 Å². The molecule has 8 nitrogen and oxygen atoms in total. The van der Waals surface area contributed by atoms with Gasteiger partial charge >= 0.3 is 0 Å². The van der Waals surface area contributed by atoms with Crippen LogP contribution in [0.25, 0.3) is 10.6 Å². The van der Waals surface area contributed by atoms with E-state index in [1.807, 2.05) is 43.3 Å². The summed E-state index contributed by atoms with van der Waals surface area (Å²) in [6.45, 7) is 0.373. The summed E-state index contributed by atoms with van der Waals surface area (Å²) in [6.07, 6.45) is 1.35. The van der Waals surface area contributed by atoms with Crippen molar-refractivity contribution >= 4 is 45.6 Å². The van der Waals surface area contributed by atoms with Gasteiger partial charge in [-0.25, -0.2) is 0 Å². The fraction of sp³-hybridized carbons (Fsp3) is 0.304. The Balaban J connectivity index is 1.35. The van der Waals surface area contributed by atoms with Crippen LogP contribution in [0.4, 0.5) is 10.8 Å². The Morgan fingerprint density at radius 1 is 1.15 bits per heavy atom. The van der Waals surface area contributed by atoms with E-state index in [4.69, 9.17) is 16.3 Å². The number of aromatic nitrogens is 2. The fourth-order valence-electron chi connectivity index (χ4n) is 3.58.